The molecule has 0 saturated carbocycles. The van der Waals surface area contributed by atoms with Crippen LogP contribution in [-0.2, 0) is 20.7 Å². The normalized spacial score (nSPS) is 28.9. The Morgan fingerprint density at radius 1 is 1.00 bits per heavy atom. The molecule has 4 rings (SSSR count). The zero-order chi connectivity index (χ0) is 24.4. The van der Waals surface area contributed by atoms with Gasteiger partial charge >= 0.3 is 5.97 Å². The van der Waals surface area contributed by atoms with Gasteiger partial charge in [0.2, 0.25) is 6.29 Å². The van der Waals surface area contributed by atoms with Gasteiger partial charge in [-0.3, -0.25) is 0 Å². The topological polar surface area (TPSA) is 155 Å². The number of rotatable bonds is 7. The van der Waals surface area contributed by atoms with Crippen molar-refractivity contribution in [1.82, 2.24) is 0 Å². The van der Waals surface area contributed by atoms with Crippen LogP contribution in [0.3, 0.4) is 0 Å². The predicted octanol–water partition coefficient (Wildman–Crippen LogP) is 0.131. The number of ether oxygens (including phenoxy) is 4. The van der Waals surface area contributed by atoms with Crippen molar-refractivity contribution in [1.29, 1.82) is 0 Å². The molecule has 6 atom stereocenters. The second kappa shape index (κ2) is 10.00. The average Bonchev–Trinajstić information content (AvgIpc) is 3.20. The van der Waals surface area contributed by atoms with E-state index in [1.807, 2.05) is 0 Å². The Morgan fingerprint density at radius 2 is 1.74 bits per heavy atom. The highest BCUT2D eigenvalue weighted by atomic mass is 16.7. The molecule has 10 heteroatoms. The number of aliphatic hydroxyl groups is 4. The van der Waals surface area contributed by atoms with E-state index in [0.717, 1.165) is 5.56 Å². The summed E-state index contributed by atoms with van der Waals surface area (Å²) >= 11 is 0. The molecule has 34 heavy (non-hydrogen) atoms. The van der Waals surface area contributed by atoms with Crippen LogP contribution in [0.4, 0.5) is 0 Å². The number of carbonyl (C=O) groups excluding carboxylic acids is 1. The molecule has 2 aliphatic heterocycles. The number of phenols is 1. The van der Waals surface area contributed by atoms with Crippen LogP contribution in [-0.4, -0.2) is 82.0 Å². The number of cyclic esters (lactones) is 1. The maximum Gasteiger partial charge on any atom is 0.331 e. The molecule has 1 fully saturated rings. The van der Waals surface area contributed by atoms with Gasteiger partial charge in [0.25, 0.3) is 0 Å². The summed E-state index contributed by atoms with van der Waals surface area (Å²) in [7, 11) is 1.46. The number of esters is 1. The molecule has 2 aliphatic rings. The van der Waals surface area contributed by atoms with Gasteiger partial charge in [0, 0.05) is 29.7 Å². The standard InChI is InChI=1S/C24H26O10/c1-31-14-6-7-15(16-10-20(27)32-17(16)8-12-2-4-13(26)5-3-12)18(9-14)33-24-23(30)22(29)21(28)19(11-25)34-24/h2-7,9-10,17,19,21-26,28-30H,8,11H2,1H3/t17-,19+,21+,22-,23+,24+/m0/s1. The first-order chi connectivity index (χ1) is 16.3. The number of hydrogen-bond acceptors (Lipinski definition) is 10. The summed E-state index contributed by atoms with van der Waals surface area (Å²) in [6, 6.07) is 11.4. The van der Waals surface area contributed by atoms with Crippen molar-refractivity contribution in [2.24, 2.45) is 0 Å². The number of hydrogen-bond donors (Lipinski definition) is 5. The van der Waals surface area contributed by atoms with Gasteiger partial charge < -0.3 is 44.5 Å². The molecule has 5 N–H and O–H groups in total. The van der Waals surface area contributed by atoms with Gasteiger partial charge in [-0.2, -0.15) is 0 Å². The molecule has 0 unspecified atom stereocenters. The molecule has 0 aliphatic carbocycles. The van der Waals surface area contributed by atoms with Gasteiger partial charge in [0.05, 0.1) is 13.7 Å². The number of aromatic hydroxyl groups is 1. The van der Waals surface area contributed by atoms with Crippen LogP contribution in [0, 0.1) is 0 Å². The second-order valence-electron chi connectivity index (χ2n) is 8.07. The van der Waals surface area contributed by atoms with Crippen LogP contribution in [0.5, 0.6) is 17.2 Å². The lowest BCUT2D eigenvalue weighted by Gasteiger charge is -2.39. The molecule has 2 heterocycles. The van der Waals surface area contributed by atoms with Gasteiger partial charge in [-0.15, -0.1) is 0 Å². The first-order valence-corrected chi connectivity index (χ1v) is 10.7. The highest BCUT2D eigenvalue weighted by Gasteiger charge is 2.45. The van der Waals surface area contributed by atoms with Crippen LogP contribution in [0.15, 0.2) is 48.5 Å². The summed E-state index contributed by atoms with van der Waals surface area (Å²) in [6.45, 7) is -0.599. The van der Waals surface area contributed by atoms with E-state index >= 15 is 0 Å². The summed E-state index contributed by atoms with van der Waals surface area (Å²) in [5.74, 6) is 0.176. The zero-order valence-electron chi connectivity index (χ0n) is 18.3. The Kier molecular flexibility index (Phi) is 7.05. The summed E-state index contributed by atoms with van der Waals surface area (Å²) in [5.41, 5.74) is 1.81. The molecule has 0 aromatic heterocycles. The summed E-state index contributed by atoms with van der Waals surface area (Å²) < 4.78 is 22.1. The van der Waals surface area contributed by atoms with Crippen LogP contribution in [0.1, 0.15) is 11.1 Å². The van der Waals surface area contributed by atoms with Gasteiger partial charge in [-0.1, -0.05) is 12.1 Å². The molecule has 0 radical (unpaired) electrons. The molecule has 1 saturated heterocycles. The average molecular weight is 474 g/mol. The van der Waals surface area contributed by atoms with E-state index in [9.17, 15) is 30.3 Å². The van der Waals surface area contributed by atoms with E-state index in [4.69, 9.17) is 18.9 Å². The molecular weight excluding hydrogens is 448 g/mol. The molecule has 0 bridgehead atoms. The number of benzene rings is 2. The second-order valence-corrected chi connectivity index (χ2v) is 8.07. The van der Waals surface area contributed by atoms with Crippen molar-refractivity contribution in [3.8, 4) is 17.2 Å². The summed E-state index contributed by atoms with van der Waals surface area (Å²) in [4.78, 5) is 12.2. The lowest BCUT2D eigenvalue weighted by Crippen LogP contribution is -2.60. The van der Waals surface area contributed by atoms with E-state index in [1.54, 1.807) is 24.3 Å². The Morgan fingerprint density at radius 3 is 2.41 bits per heavy atom. The SMILES string of the molecule is COc1ccc(C2=CC(=O)O[C@H]2Cc2ccc(O)cc2)c(O[C@@H]2O[C@H](CO)[C@@H](O)[C@H](O)[C@H]2O)c1. The predicted molar refractivity (Wildman–Crippen MR) is 117 cm³/mol. The molecule has 0 spiro atoms. The minimum Gasteiger partial charge on any atom is -0.508 e. The van der Waals surface area contributed by atoms with E-state index in [-0.39, 0.29) is 11.5 Å². The summed E-state index contributed by atoms with van der Waals surface area (Å²) in [6.07, 6.45) is -6.28. The Balaban J connectivity index is 1.65. The van der Waals surface area contributed by atoms with Crippen molar-refractivity contribution >= 4 is 11.5 Å². The van der Waals surface area contributed by atoms with Gasteiger partial charge in [-0.05, 0) is 29.8 Å². The molecule has 10 nitrogen and oxygen atoms in total. The first-order valence-electron chi connectivity index (χ1n) is 10.7. The van der Waals surface area contributed by atoms with Crippen LogP contribution in [0.25, 0.3) is 5.57 Å². The Bertz CT molecular complexity index is 1050. The Labute approximate surface area is 195 Å². The highest BCUT2D eigenvalue weighted by molar-refractivity contribution is 5.98. The van der Waals surface area contributed by atoms with Crippen molar-refractivity contribution in [2.75, 3.05) is 13.7 Å². The molecule has 182 valence electrons. The molecule has 2 aromatic carbocycles. The number of aliphatic hydroxyl groups excluding tert-OH is 4. The third kappa shape index (κ3) is 4.86. The van der Waals surface area contributed by atoms with Crippen LogP contribution < -0.4 is 9.47 Å². The fourth-order valence-electron chi connectivity index (χ4n) is 3.96. The largest absolute Gasteiger partial charge is 0.508 e. The van der Waals surface area contributed by atoms with Crippen molar-refractivity contribution in [3.05, 3.63) is 59.7 Å². The molecule has 0 amide bonds. The van der Waals surface area contributed by atoms with Gasteiger partial charge in [0.1, 0.15) is 47.8 Å². The zero-order valence-corrected chi connectivity index (χ0v) is 18.3. The monoisotopic (exact) mass is 474 g/mol. The van der Waals surface area contributed by atoms with Crippen molar-refractivity contribution < 1.29 is 49.3 Å². The van der Waals surface area contributed by atoms with E-state index < -0.39 is 49.4 Å². The summed E-state index contributed by atoms with van der Waals surface area (Å²) in [5, 5.41) is 49.5. The molecular formula is C24H26O10. The van der Waals surface area contributed by atoms with E-state index in [0.29, 0.717) is 23.3 Å². The van der Waals surface area contributed by atoms with Gasteiger partial charge in [-0.25, -0.2) is 4.79 Å². The fraction of sp³-hybridized carbons (Fsp3) is 0.375. The van der Waals surface area contributed by atoms with Crippen molar-refractivity contribution in [3.63, 3.8) is 0 Å². The third-order valence-corrected chi connectivity index (χ3v) is 5.83. The lowest BCUT2D eigenvalue weighted by atomic mass is 9.95. The quantitative estimate of drug-likeness (QED) is 0.350. The maximum atomic E-state index is 12.2. The minimum atomic E-state index is -1.61. The number of methoxy groups -OCH3 is 1. The minimum absolute atomic E-state index is 0.119. The van der Waals surface area contributed by atoms with Gasteiger partial charge in [0.15, 0.2) is 0 Å². The first kappa shape index (κ1) is 24.0. The highest BCUT2D eigenvalue weighted by Crippen LogP contribution is 2.38. The van der Waals surface area contributed by atoms with E-state index in [2.05, 4.69) is 0 Å². The number of phenolic OH excluding ortho intramolecular Hbond substituents is 1. The Hall–Kier alpha value is -3.15. The number of carbonyl (C=O) groups is 1. The smallest absolute Gasteiger partial charge is 0.331 e. The fourth-order valence-corrected chi connectivity index (χ4v) is 3.96. The molecule has 2 aromatic rings. The van der Waals surface area contributed by atoms with Crippen molar-refractivity contribution in [2.45, 2.75) is 43.2 Å². The third-order valence-electron chi connectivity index (χ3n) is 5.83. The lowest BCUT2D eigenvalue weighted by molar-refractivity contribution is -0.277. The van der Waals surface area contributed by atoms with Crippen LogP contribution >= 0.6 is 0 Å². The maximum absolute atomic E-state index is 12.2. The van der Waals surface area contributed by atoms with Crippen LogP contribution in [0.2, 0.25) is 0 Å². The van der Waals surface area contributed by atoms with E-state index in [1.165, 1.54) is 31.4 Å².